The second-order valence-corrected chi connectivity index (χ2v) is 4.19. The Hall–Kier alpha value is -1.29. The third-order valence-corrected chi connectivity index (χ3v) is 2.57. The molecule has 1 aromatic rings. The second kappa shape index (κ2) is 3.88. The van der Waals surface area contributed by atoms with Gasteiger partial charge in [0.2, 0.25) is 0 Å². The van der Waals surface area contributed by atoms with Crippen LogP contribution < -0.4 is 0 Å². The van der Waals surface area contributed by atoms with Gasteiger partial charge in [-0.2, -0.15) is 21.6 Å². The van der Waals surface area contributed by atoms with Gasteiger partial charge in [-0.1, -0.05) is 0 Å². The zero-order chi connectivity index (χ0) is 13.6. The number of hydrogen-bond acceptors (Lipinski definition) is 2. The first-order valence-corrected chi connectivity index (χ1v) is 5.12. The van der Waals surface area contributed by atoms with E-state index in [0.29, 0.717) is 0 Å². The number of hydrogen-bond donors (Lipinski definition) is 1. The van der Waals surface area contributed by atoms with Crippen LogP contribution in [-0.4, -0.2) is 13.0 Å². The molecule has 0 unspecified atom stereocenters. The predicted octanol–water partition coefficient (Wildman–Crippen LogP) is 2.37. The Morgan fingerprint density at radius 2 is 1.53 bits per heavy atom. The van der Waals surface area contributed by atoms with E-state index in [-0.39, 0.29) is 0 Å². The van der Waals surface area contributed by atoms with Crippen molar-refractivity contribution in [2.24, 2.45) is 0 Å². The molecular weight excluding hydrogens is 278 g/mol. The smallest absolute Gasteiger partial charge is 0.282 e. The quantitative estimate of drug-likeness (QED) is 0.488. The lowest BCUT2D eigenvalue weighted by Crippen LogP contribution is -2.15. The van der Waals surface area contributed by atoms with Gasteiger partial charge in [-0.05, 0) is 6.07 Å². The van der Waals surface area contributed by atoms with Gasteiger partial charge in [-0.15, -0.1) is 0 Å². The standard InChI is InChI=1S/C7H2F6O3S/c8-3-1-2(7(11,12)13)4(9)5(10)6(3)17(14,15)16/h1H,(H,14,15,16). The molecule has 10 heteroatoms. The van der Waals surface area contributed by atoms with Crippen LogP contribution in [0, 0.1) is 17.5 Å². The molecule has 0 heterocycles. The molecule has 0 saturated heterocycles. The molecule has 0 atom stereocenters. The highest BCUT2D eigenvalue weighted by Crippen LogP contribution is 2.35. The number of rotatable bonds is 1. The van der Waals surface area contributed by atoms with E-state index >= 15 is 0 Å². The number of benzene rings is 1. The van der Waals surface area contributed by atoms with Crippen molar-refractivity contribution in [1.82, 2.24) is 0 Å². The van der Waals surface area contributed by atoms with E-state index < -0.39 is 50.3 Å². The molecule has 1 N–H and O–H groups in total. The van der Waals surface area contributed by atoms with Gasteiger partial charge in [0.05, 0.1) is 5.56 Å². The first kappa shape index (κ1) is 13.8. The summed E-state index contributed by atoms with van der Waals surface area (Å²) in [4.78, 5) is -2.16. The van der Waals surface area contributed by atoms with Crippen LogP contribution >= 0.6 is 0 Å². The summed E-state index contributed by atoms with van der Waals surface area (Å²) < 4.78 is 104. The fourth-order valence-electron chi connectivity index (χ4n) is 1.02. The van der Waals surface area contributed by atoms with Crippen molar-refractivity contribution in [3.05, 3.63) is 29.1 Å². The lowest BCUT2D eigenvalue weighted by atomic mass is 10.2. The Balaban J connectivity index is 3.72. The second-order valence-electron chi connectivity index (χ2n) is 2.84. The zero-order valence-electron chi connectivity index (χ0n) is 7.52. The molecule has 0 spiro atoms. The topological polar surface area (TPSA) is 54.4 Å². The molecule has 1 rings (SSSR count). The van der Waals surface area contributed by atoms with E-state index in [1.54, 1.807) is 0 Å². The SMILES string of the molecule is O=S(=O)(O)c1c(F)cc(C(F)(F)F)c(F)c1F. The minimum atomic E-state index is -5.51. The van der Waals surface area contributed by atoms with E-state index in [2.05, 4.69) is 0 Å². The van der Waals surface area contributed by atoms with Crippen molar-refractivity contribution in [2.75, 3.05) is 0 Å². The summed E-state index contributed by atoms with van der Waals surface area (Å²) in [5.74, 6) is -7.47. The van der Waals surface area contributed by atoms with Crippen molar-refractivity contribution in [3.63, 3.8) is 0 Å². The molecule has 96 valence electrons. The fourth-order valence-corrected chi connectivity index (χ4v) is 1.64. The fraction of sp³-hybridized carbons (Fsp3) is 0.143. The lowest BCUT2D eigenvalue weighted by Gasteiger charge is -2.10. The van der Waals surface area contributed by atoms with Gasteiger partial charge < -0.3 is 0 Å². The maximum absolute atomic E-state index is 12.9. The van der Waals surface area contributed by atoms with Crippen LogP contribution in [0.2, 0.25) is 0 Å². The van der Waals surface area contributed by atoms with Gasteiger partial charge in [0.25, 0.3) is 0 Å². The predicted molar refractivity (Wildman–Crippen MR) is 41.1 cm³/mol. The lowest BCUT2D eigenvalue weighted by molar-refractivity contribution is -0.140. The highest BCUT2D eigenvalue weighted by Gasteiger charge is 2.39. The van der Waals surface area contributed by atoms with Crippen LogP contribution in [0.1, 0.15) is 5.56 Å². The van der Waals surface area contributed by atoms with E-state index in [1.807, 2.05) is 0 Å². The molecule has 0 saturated carbocycles. The molecule has 3 nitrogen and oxygen atoms in total. The van der Waals surface area contributed by atoms with Gasteiger partial charge in [-0.3, -0.25) is 4.55 Å². The van der Waals surface area contributed by atoms with Crippen LogP contribution in [-0.2, 0) is 16.3 Å². The van der Waals surface area contributed by atoms with Crippen LogP contribution in [0.3, 0.4) is 0 Å². The maximum Gasteiger partial charge on any atom is 0.419 e. The van der Waals surface area contributed by atoms with Crippen LogP contribution in [0.15, 0.2) is 11.0 Å². The largest absolute Gasteiger partial charge is 0.419 e. The van der Waals surface area contributed by atoms with Crippen LogP contribution in [0.5, 0.6) is 0 Å². The molecule has 0 aliphatic carbocycles. The summed E-state index contributed by atoms with van der Waals surface area (Å²) in [7, 11) is -5.51. The maximum atomic E-state index is 12.9. The Bertz CT molecular complexity index is 562. The molecule has 0 amide bonds. The summed E-state index contributed by atoms with van der Waals surface area (Å²) in [6.07, 6.45) is -5.40. The van der Waals surface area contributed by atoms with Crippen LogP contribution in [0.4, 0.5) is 26.3 Å². The van der Waals surface area contributed by atoms with E-state index in [0.717, 1.165) is 0 Å². The minimum Gasteiger partial charge on any atom is -0.282 e. The summed E-state index contributed by atoms with van der Waals surface area (Å²) in [6.45, 7) is 0. The van der Waals surface area contributed by atoms with Crippen molar-refractivity contribution >= 4 is 10.1 Å². The Morgan fingerprint density at radius 3 is 1.88 bits per heavy atom. The first-order valence-electron chi connectivity index (χ1n) is 3.68. The zero-order valence-corrected chi connectivity index (χ0v) is 8.33. The number of halogens is 6. The van der Waals surface area contributed by atoms with Crippen molar-refractivity contribution in [1.29, 1.82) is 0 Å². The Morgan fingerprint density at radius 1 is 1.06 bits per heavy atom. The van der Waals surface area contributed by atoms with E-state index in [1.165, 1.54) is 0 Å². The normalized spacial score (nSPS) is 12.9. The van der Waals surface area contributed by atoms with Crippen LogP contribution in [0.25, 0.3) is 0 Å². The van der Waals surface area contributed by atoms with Crippen molar-refractivity contribution in [3.8, 4) is 0 Å². The molecule has 1 aromatic carbocycles. The molecule has 0 aliphatic heterocycles. The van der Waals surface area contributed by atoms with E-state index in [9.17, 15) is 34.8 Å². The molecule has 0 fully saturated rings. The van der Waals surface area contributed by atoms with Gasteiger partial charge >= 0.3 is 16.3 Å². The molecule has 0 aromatic heterocycles. The summed E-state index contributed by atoms with van der Waals surface area (Å²) in [6, 6.07) is -0.554. The van der Waals surface area contributed by atoms with Gasteiger partial charge in [0.15, 0.2) is 16.5 Å². The molecule has 0 bridgehead atoms. The average molecular weight is 280 g/mol. The monoisotopic (exact) mass is 280 g/mol. The molecule has 17 heavy (non-hydrogen) atoms. The van der Waals surface area contributed by atoms with Gasteiger partial charge in [0, 0.05) is 0 Å². The Labute approximate surface area is 90.4 Å². The first-order chi connectivity index (χ1) is 7.46. The highest BCUT2D eigenvalue weighted by atomic mass is 32.2. The average Bonchev–Trinajstić information content (AvgIpc) is 2.07. The molecule has 0 aliphatic rings. The van der Waals surface area contributed by atoms with E-state index in [4.69, 9.17) is 4.55 Å². The summed E-state index contributed by atoms with van der Waals surface area (Å²) in [5.41, 5.74) is -2.31. The third kappa shape index (κ3) is 2.52. The number of alkyl halides is 3. The molecule has 0 radical (unpaired) electrons. The third-order valence-electron chi connectivity index (χ3n) is 1.68. The molecular formula is C7H2F6O3S. The Kier molecular flexibility index (Phi) is 3.14. The van der Waals surface area contributed by atoms with Crippen molar-refractivity contribution in [2.45, 2.75) is 11.1 Å². The van der Waals surface area contributed by atoms with Crippen molar-refractivity contribution < 1.29 is 39.3 Å². The summed E-state index contributed by atoms with van der Waals surface area (Å²) in [5, 5.41) is 0. The summed E-state index contributed by atoms with van der Waals surface area (Å²) >= 11 is 0. The van der Waals surface area contributed by atoms with Gasteiger partial charge in [-0.25, -0.2) is 13.2 Å². The minimum absolute atomic E-state index is 0.554. The van der Waals surface area contributed by atoms with Gasteiger partial charge in [0.1, 0.15) is 5.82 Å². The highest BCUT2D eigenvalue weighted by molar-refractivity contribution is 7.85.